The number of carbonyl (C=O) groups excluding carboxylic acids is 6. The second-order valence-electron chi connectivity index (χ2n) is 8.74. The number of rotatable bonds is 10. The van der Waals surface area contributed by atoms with Gasteiger partial charge < -0.3 is 26.0 Å². The fourth-order valence-electron chi connectivity index (χ4n) is 3.42. The van der Waals surface area contributed by atoms with Gasteiger partial charge in [0, 0.05) is 25.2 Å². The van der Waals surface area contributed by atoms with Crippen LogP contribution in [0, 0.1) is 0 Å². The first-order valence-electron chi connectivity index (χ1n) is 12.2. The molecule has 0 bridgehead atoms. The number of alkyl carbamates (subject to hydrolysis) is 1. The number of nitrogens with zero attached hydrogens (tertiary/aromatic N) is 2. The number of hydrogen-bond acceptors (Lipinski definition) is 7. The lowest BCUT2D eigenvalue weighted by Crippen LogP contribution is -2.56. The average molecular weight is 531 g/mol. The Hall–Kier alpha value is -4.42. The molecule has 2 atom stereocenters. The first-order valence-corrected chi connectivity index (χ1v) is 12.2. The van der Waals surface area contributed by atoms with E-state index in [2.05, 4.69) is 16.1 Å². The van der Waals surface area contributed by atoms with E-state index in [0.29, 0.717) is 18.1 Å². The van der Waals surface area contributed by atoms with Gasteiger partial charge in [0.2, 0.25) is 17.7 Å². The highest BCUT2D eigenvalue weighted by Gasteiger charge is 2.25. The van der Waals surface area contributed by atoms with Gasteiger partial charge in [-0.05, 0) is 38.7 Å². The number of hydrazine groups is 1. The van der Waals surface area contributed by atoms with Crippen LogP contribution in [0.1, 0.15) is 38.7 Å². The van der Waals surface area contributed by atoms with Gasteiger partial charge in [0.25, 0.3) is 11.8 Å². The Balaban J connectivity index is 1.86. The molecule has 0 aliphatic carbocycles. The minimum absolute atomic E-state index is 0.0155. The third-order valence-electron chi connectivity index (χ3n) is 5.55. The van der Waals surface area contributed by atoms with Crippen molar-refractivity contribution in [2.45, 2.75) is 51.8 Å². The Morgan fingerprint density at radius 2 is 1.58 bits per heavy atom. The van der Waals surface area contributed by atoms with Crippen molar-refractivity contribution in [1.29, 1.82) is 0 Å². The van der Waals surface area contributed by atoms with E-state index in [1.807, 2.05) is 6.07 Å². The van der Waals surface area contributed by atoms with Crippen LogP contribution >= 0.6 is 0 Å². The molecule has 0 aromatic heterocycles. The molecular weight excluding hydrogens is 496 g/mol. The minimum Gasteiger partial charge on any atom is -0.445 e. The Bertz CT molecular complexity index is 1040. The van der Waals surface area contributed by atoms with Crippen molar-refractivity contribution in [2.75, 3.05) is 19.6 Å². The number of carbonyl (C=O) groups is 6. The fraction of sp³-hybridized carbons (Fsp3) is 0.440. The molecule has 1 aliphatic heterocycles. The van der Waals surface area contributed by atoms with Crippen LogP contribution in [-0.2, 0) is 35.3 Å². The standard InChI is InChI=1S/C25H34N6O7/c1-17(28-25(37)38-16-19-9-5-3-6-10-19)23(35)27-18(2)24(36)29-31(15-20(26)32)22(34)12-11-21(33)30-13-7-4-8-14-30/h3,5-6,9-12,17-18H,4,7-8,13-16H2,1-2H3,(H2,26,32)(H,27,35)(H,28,37)(H,29,36)/b12-11+/t17-,18-/m0/s1. The van der Waals surface area contributed by atoms with Gasteiger partial charge in [-0.1, -0.05) is 30.3 Å². The largest absolute Gasteiger partial charge is 0.445 e. The molecule has 38 heavy (non-hydrogen) atoms. The number of nitrogens with one attached hydrogen (secondary N) is 3. The summed E-state index contributed by atoms with van der Waals surface area (Å²) in [4.78, 5) is 74.8. The van der Waals surface area contributed by atoms with E-state index in [-0.39, 0.29) is 12.5 Å². The van der Waals surface area contributed by atoms with E-state index in [4.69, 9.17) is 10.5 Å². The molecule has 0 spiro atoms. The second kappa shape index (κ2) is 15.0. The van der Waals surface area contributed by atoms with E-state index < -0.39 is 48.4 Å². The van der Waals surface area contributed by atoms with Gasteiger partial charge in [0.05, 0.1) is 0 Å². The molecule has 1 aromatic carbocycles. The van der Waals surface area contributed by atoms with Gasteiger partial charge in [0.15, 0.2) is 0 Å². The molecule has 1 saturated heterocycles. The van der Waals surface area contributed by atoms with Crippen LogP contribution in [0.25, 0.3) is 0 Å². The fourth-order valence-corrected chi connectivity index (χ4v) is 3.42. The highest BCUT2D eigenvalue weighted by molar-refractivity contribution is 5.99. The SMILES string of the molecule is C[C@H](NC(=O)OCc1ccccc1)C(=O)N[C@@H](C)C(=O)NN(CC(N)=O)C(=O)/C=C/C(=O)N1CCCCC1. The molecule has 1 aliphatic rings. The predicted octanol–water partition coefficient (Wildman–Crippen LogP) is -0.280. The summed E-state index contributed by atoms with van der Waals surface area (Å²) in [5, 5.41) is 5.40. The van der Waals surface area contributed by atoms with Gasteiger partial charge in [-0.3, -0.25) is 29.4 Å². The summed E-state index contributed by atoms with van der Waals surface area (Å²) < 4.78 is 5.07. The Morgan fingerprint density at radius 1 is 0.947 bits per heavy atom. The van der Waals surface area contributed by atoms with Crippen LogP contribution in [0.15, 0.2) is 42.5 Å². The highest BCUT2D eigenvalue weighted by Crippen LogP contribution is 2.09. The van der Waals surface area contributed by atoms with Gasteiger partial charge in [0.1, 0.15) is 25.2 Å². The maximum atomic E-state index is 12.6. The van der Waals surface area contributed by atoms with E-state index in [0.717, 1.165) is 37.0 Å². The summed E-state index contributed by atoms with van der Waals surface area (Å²) in [6.07, 6.45) is 3.98. The highest BCUT2D eigenvalue weighted by atomic mass is 16.5. The summed E-state index contributed by atoms with van der Waals surface area (Å²) in [5.41, 5.74) is 8.16. The number of nitrogens with two attached hydrogens (primary N) is 1. The molecule has 1 aromatic rings. The monoisotopic (exact) mass is 530 g/mol. The van der Waals surface area contributed by atoms with E-state index >= 15 is 0 Å². The molecule has 5 N–H and O–H groups in total. The summed E-state index contributed by atoms with van der Waals surface area (Å²) >= 11 is 0. The van der Waals surface area contributed by atoms with E-state index in [1.54, 1.807) is 29.2 Å². The third-order valence-corrected chi connectivity index (χ3v) is 5.55. The zero-order chi connectivity index (χ0) is 28.1. The van der Waals surface area contributed by atoms with Crippen LogP contribution in [0.3, 0.4) is 0 Å². The third kappa shape index (κ3) is 10.3. The molecule has 0 unspecified atom stereocenters. The number of likely N-dealkylation sites (tertiary alicyclic amines) is 1. The number of piperidine rings is 1. The van der Waals surface area contributed by atoms with Crippen LogP contribution in [0.2, 0.25) is 0 Å². The number of primary amides is 1. The first-order chi connectivity index (χ1) is 18.1. The average Bonchev–Trinajstić information content (AvgIpc) is 2.90. The van der Waals surface area contributed by atoms with Crippen molar-refractivity contribution in [3.8, 4) is 0 Å². The smallest absolute Gasteiger partial charge is 0.408 e. The normalized spacial score (nSPS) is 14.6. The molecule has 13 nitrogen and oxygen atoms in total. The maximum absolute atomic E-state index is 12.6. The maximum Gasteiger partial charge on any atom is 0.408 e. The van der Waals surface area contributed by atoms with Crippen molar-refractivity contribution < 1.29 is 33.5 Å². The van der Waals surface area contributed by atoms with Gasteiger partial charge in [-0.2, -0.15) is 0 Å². The van der Waals surface area contributed by atoms with Crippen molar-refractivity contribution in [3.63, 3.8) is 0 Å². The molecule has 6 amide bonds. The quantitative estimate of drug-likeness (QED) is 0.237. The van der Waals surface area contributed by atoms with Crippen LogP contribution in [0.4, 0.5) is 4.79 Å². The van der Waals surface area contributed by atoms with Crippen molar-refractivity contribution >= 4 is 35.6 Å². The van der Waals surface area contributed by atoms with Gasteiger partial charge in [-0.25, -0.2) is 9.80 Å². The van der Waals surface area contributed by atoms with Gasteiger partial charge >= 0.3 is 6.09 Å². The Labute approximate surface area is 220 Å². The number of amides is 6. The molecule has 2 rings (SSSR count). The first kappa shape index (κ1) is 29.8. The Kier molecular flexibility index (Phi) is 11.7. The van der Waals surface area contributed by atoms with Crippen molar-refractivity contribution in [3.05, 3.63) is 48.0 Å². The van der Waals surface area contributed by atoms with E-state index in [1.165, 1.54) is 13.8 Å². The van der Waals surface area contributed by atoms with Crippen molar-refractivity contribution in [2.24, 2.45) is 5.73 Å². The summed E-state index contributed by atoms with van der Waals surface area (Å²) in [5.74, 6) is -3.63. The summed E-state index contributed by atoms with van der Waals surface area (Å²) in [6.45, 7) is 3.29. The molecule has 206 valence electrons. The number of hydrogen-bond donors (Lipinski definition) is 4. The Morgan fingerprint density at radius 3 is 2.21 bits per heavy atom. The topological polar surface area (TPSA) is 180 Å². The zero-order valence-corrected chi connectivity index (χ0v) is 21.5. The van der Waals surface area contributed by atoms with Gasteiger partial charge in [-0.15, -0.1) is 0 Å². The minimum atomic E-state index is -1.16. The van der Waals surface area contributed by atoms with Crippen LogP contribution in [-0.4, -0.2) is 77.3 Å². The van der Waals surface area contributed by atoms with Crippen LogP contribution < -0.4 is 21.8 Å². The lowest BCUT2D eigenvalue weighted by atomic mass is 10.1. The number of benzene rings is 1. The molecule has 1 heterocycles. The lowest BCUT2D eigenvalue weighted by molar-refractivity contribution is -0.142. The van der Waals surface area contributed by atoms with E-state index in [9.17, 15) is 28.8 Å². The number of ether oxygens (including phenoxy) is 1. The van der Waals surface area contributed by atoms with Crippen molar-refractivity contribution in [1.82, 2.24) is 26.0 Å². The zero-order valence-electron chi connectivity index (χ0n) is 21.5. The second-order valence-corrected chi connectivity index (χ2v) is 8.74. The molecule has 13 heteroatoms. The lowest BCUT2D eigenvalue weighted by Gasteiger charge is -2.26. The summed E-state index contributed by atoms with van der Waals surface area (Å²) in [6, 6.07) is 6.77. The summed E-state index contributed by atoms with van der Waals surface area (Å²) in [7, 11) is 0. The molecular formula is C25H34N6O7. The predicted molar refractivity (Wildman–Crippen MR) is 135 cm³/mol. The molecule has 0 saturated carbocycles. The molecule has 0 radical (unpaired) electrons. The van der Waals surface area contributed by atoms with Crippen LogP contribution in [0.5, 0.6) is 0 Å². The molecule has 1 fully saturated rings.